The highest BCUT2D eigenvalue weighted by Crippen LogP contribution is 2.44. The van der Waals surface area contributed by atoms with Crippen molar-refractivity contribution in [2.75, 3.05) is 13.2 Å². The van der Waals surface area contributed by atoms with Crippen LogP contribution in [-0.2, 0) is 14.3 Å². The molecule has 2 unspecified atom stereocenters. The molecule has 0 aromatic heterocycles. The van der Waals surface area contributed by atoms with Crippen molar-refractivity contribution >= 4 is 18.0 Å². The minimum atomic E-state index is -1.14. The third-order valence-electron chi connectivity index (χ3n) is 7.07. The van der Waals surface area contributed by atoms with Crippen LogP contribution in [0.5, 0.6) is 0 Å². The molecule has 2 aromatic rings. The first-order chi connectivity index (χ1) is 16.3. The number of carboxylic acids is 1. The van der Waals surface area contributed by atoms with Gasteiger partial charge in [-0.15, -0.1) is 0 Å². The third kappa shape index (κ3) is 4.79. The van der Waals surface area contributed by atoms with Crippen molar-refractivity contribution in [3.8, 4) is 11.1 Å². The lowest BCUT2D eigenvalue weighted by Crippen LogP contribution is -2.59. The Morgan fingerprint density at radius 3 is 2.18 bits per heavy atom. The van der Waals surface area contributed by atoms with Crippen LogP contribution < -0.4 is 10.6 Å². The lowest BCUT2D eigenvalue weighted by molar-refractivity contribution is -0.142. The van der Waals surface area contributed by atoms with Gasteiger partial charge in [-0.25, -0.2) is 4.79 Å². The molecule has 180 valence electrons. The van der Waals surface area contributed by atoms with Gasteiger partial charge in [-0.1, -0.05) is 61.9 Å². The quantitative estimate of drug-likeness (QED) is 0.486. The molecular formula is C27H32N2O5. The van der Waals surface area contributed by atoms with Crippen LogP contribution >= 0.6 is 0 Å². The van der Waals surface area contributed by atoms with Gasteiger partial charge in [0.2, 0.25) is 5.91 Å². The maximum atomic E-state index is 13.0. The molecule has 1 fully saturated rings. The Morgan fingerprint density at radius 1 is 1.06 bits per heavy atom. The fourth-order valence-corrected chi connectivity index (χ4v) is 4.91. The van der Waals surface area contributed by atoms with E-state index in [4.69, 9.17) is 4.74 Å². The van der Waals surface area contributed by atoms with E-state index in [0.29, 0.717) is 12.8 Å². The summed E-state index contributed by atoms with van der Waals surface area (Å²) in [6.45, 7) is 3.80. The molecule has 0 bridgehead atoms. The molecule has 7 heteroatoms. The van der Waals surface area contributed by atoms with Crippen LogP contribution in [0.2, 0.25) is 0 Å². The number of amides is 2. The van der Waals surface area contributed by atoms with E-state index < -0.39 is 23.5 Å². The number of carbonyl (C=O) groups is 3. The maximum absolute atomic E-state index is 13.0. The summed E-state index contributed by atoms with van der Waals surface area (Å²) in [5.74, 6) is -2.01. The highest BCUT2D eigenvalue weighted by Gasteiger charge is 2.49. The largest absolute Gasteiger partial charge is 0.481 e. The van der Waals surface area contributed by atoms with Crippen LogP contribution in [0.25, 0.3) is 11.1 Å². The zero-order valence-corrected chi connectivity index (χ0v) is 19.7. The zero-order valence-electron chi connectivity index (χ0n) is 19.7. The Morgan fingerprint density at radius 2 is 1.65 bits per heavy atom. The SMILES string of the molecule is CCCC(CNC(=O)C(C)(NC(=O)OCC1c2ccccc2-c2ccccc21)C1CC1)C(=O)O. The molecule has 2 aromatic carbocycles. The molecule has 2 atom stereocenters. The van der Waals surface area contributed by atoms with Crippen LogP contribution in [-0.4, -0.2) is 41.8 Å². The predicted octanol–water partition coefficient (Wildman–Crippen LogP) is 4.31. The van der Waals surface area contributed by atoms with Gasteiger partial charge in [0.15, 0.2) is 0 Å². The van der Waals surface area contributed by atoms with E-state index >= 15 is 0 Å². The first-order valence-corrected chi connectivity index (χ1v) is 12.0. The van der Waals surface area contributed by atoms with E-state index in [9.17, 15) is 19.5 Å². The second-order valence-electron chi connectivity index (χ2n) is 9.46. The number of fused-ring (bicyclic) bond motifs is 3. The Hall–Kier alpha value is -3.35. The number of rotatable bonds is 10. The van der Waals surface area contributed by atoms with Crippen molar-refractivity contribution < 1.29 is 24.2 Å². The number of ether oxygens (including phenoxy) is 1. The summed E-state index contributed by atoms with van der Waals surface area (Å²) >= 11 is 0. The molecule has 0 radical (unpaired) electrons. The maximum Gasteiger partial charge on any atom is 0.408 e. The first kappa shape index (κ1) is 23.8. The lowest BCUT2D eigenvalue weighted by Gasteiger charge is -2.30. The van der Waals surface area contributed by atoms with E-state index in [1.807, 2.05) is 31.2 Å². The van der Waals surface area contributed by atoms with Crippen molar-refractivity contribution in [1.82, 2.24) is 10.6 Å². The molecule has 4 rings (SSSR count). The minimum absolute atomic E-state index is 0.00226. The van der Waals surface area contributed by atoms with Gasteiger partial charge in [0.1, 0.15) is 12.1 Å². The van der Waals surface area contributed by atoms with Crippen LogP contribution in [0, 0.1) is 11.8 Å². The van der Waals surface area contributed by atoms with Crippen LogP contribution in [0.4, 0.5) is 4.79 Å². The molecule has 3 N–H and O–H groups in total. The molecule has 0 saturated heterocycles. The number of hydrogen-bond donors (Lipinski definition) is 3. The van der Waals surface area contributed by atoms with Crippen LogP contribution in [0.15, 0.2) is 48.5 Å². The van der Waals surface area contributed by atoms with Gasteiger partial charge >= 0.3 is 12.1 Å². The van der Waals surface area contributed by atoms with Crippen molar-refractivity contribution in [3.05, 3.63) is 59.7 Å². The number of carbonyl (C=O) groups excluding carboxylic acids is 2. The van der Waals surface area contributed by atoms with Crippen molar-refractivity contribution in [2.45, 2.75) is 51.0 Å². The standard InChI is InChI=1S/C27H32N2O5/c1-3-8-17(24(30)31)15-28-25(32)27(2,18-13-14-18)29-26(33)34-16-23-21-11-6-4-9-19(21)20-10-5-7-12-22(20)23/h4-7,9-12,17-18,23H,3,8,13-16H2,1-2H3,(H,28,32)(H,29,33)(H,30,31). The lowest BCUT2D eigenvalue weighted by atomic mass is 9.94. The molecule has 7 nitrogen and oxygen atoms in total. The first-order valence-electron chi connectivity index (χ1n) is 12.0. The fraction of sp³-hybridized carbons (Fsp3) is 0.444. The number of benzene rings is 2. The zero-order chi connectivity index (χ0) is 24.3. The third-order valence-corrected chi connectivity index (χ3v) is 7.07. The second-order valence-corrected chi connectivity index (χ2v) is 9.46. The van der Waals surface area contributed by atoms with Gasteiger partial charge < -0.3 is 20.5 Å². The van der Waals surface area contributed by atoms with E-state index in [1.165, 1.54) is 0 Å². The monoisotopic (exact) mass is 464 g/mol. The molecule has 1 saturated carbocycles. The summed E-state index contributed by atoms with van der Waals surface area (Å²) in [5, 5.41) is 14.9. The van der Waals surface area contributed by atoms with E-state index in [2.05, 4.69) is 34.9 Å². The predicted molar refractivity (Wildman–Crippen MR) is 128 cm³/mol. The number of carboxylic acid groups (broad SMARTS) is 1. The normalized spacial score (nSPS) is 17.1. The van der Waals surface area contributed by atoms with Gasteiger partial charge in [-0.3, -0.25) is 9.59 Å². The molecule has 2 amide bonds. The summed E-state index contributed by atoms with van der Waals surface area (Å²) in [7, 11) is 0. The molecule has 0 heterocycles. The van der Waals surface area contributed by atoms with Gasteiger partial charge in [0.05, 0.1) is 5.92 Å². The average Bonchev–Trinajstić information content (AvgIpc) is 3.64. The Labute approximate surface area is 199 Å². The fourth-order valence-electron chi connectivity index (χ4n) is 4.91. The minimum Gasteiger partial charge on any atom is -0.481 e. The number of aliphatic carboxylic acids is 1. The molecule has 0 spiro atoms. The topological polar surface area (TPSA) is 105 Å². The summed E-state index contributed by atoms with van der Waals surface area (Å²) in [4.78, 5) is 37.3. The van der Waals surface area contributed by atoms with E-state index in [-0.39, 0.29) is 30.9 Å². The van der Waals surface area contributed by atoms with E-state index in [0.717, 1.165) is 35.1 Å². The number of hydrogen-bond acceptors (Lipinski definition) is 4. The second kappa shape index (κ2) is 9.87. The molecule has 0 aliphatic heterocycles. The number of nitrogens with one attached hydrogen (secondary N) is 2. The van der Waals surface area contributed by atoms with Gasteiger partial charge in [0.25, 0.3) is 0 Å². The van der Waals surface area contributed by atoms with Crippen molar-refractivity contribution in [1.29, 1.82) is 0 Å². The van der Waals surface area contributed by atoms with Gasteiger partial charge in [-0.05, 0) is 54.4 Å². The molecular weight excluding hydrogens is 432 g/mol. The van der Waals surface area contributed by atoms with Gasteiger partial charge in [-0.2, -0.15) is 0 Å². The van der Waals surface area contributed by atoms with Gasteiger partial charge in [0, 0.05) is 12.5 Å². The smallest absolute Gasteiger partial charge is 0.408 e. The summed E-state index contributed by atoms with van der Waals surface area (Å²) < 4.78 is 5.64. The van der Waals surface area contributed by atoms with E-state index in [1.54, 1.807) is 6.92 Å². The Bertz CT molecular complexity index is 1030. The average molecular weight is 465 g/mol. The van der Waals surface area contributed by atoms with Crippen molar-refractivity contribution in [2.24, 2.45) is 11.8 Å². The molecule has 34 heavy (non-hydrogen) atoms. The van der Waals surface area contributed by atoms with Crippen LogP contribution in [0.3, 0.4) is 0 Å². The number of alkyl carbamates (subject to hydrolysis) is 1. The summed E-state index contributed by atoms with van der Waals surface area (Å²) in [6, 6.07) is 16.2. The summed E-state index contributed by atoms with van der Waals surface area (Å²) in [6.07, 6.45) is 2.20. The van der Waals surface area contributed by atoms with Crippen molar-refractivity contribution in [3.63, 3.8) is 0 Å². The summed E-state index contributed by atoms with van der Waals surface area (Å²) in [5.41, 5.74) is 3.39. The highest BCUT2D eigenvalue weighted by atomic mass is 16.5. The molecule has 2 aliphatic rings. The molecule has 2 aliphatic carbocycles. The Kier molecular flexibility index (Phi) is 6.91. The highest BCUT2D eigenvalue weighted by molar-refractivity contribution is 5.90. The van der Waals surface area contributed by atoms with Crippen LogP contribution in [0.1, 0.15) is 56.6 Å². The Balaban J connectivity index is 1.40.